The summed E-state index contributed by atoms with van der Waals surface area (Å²) in [5.41, 5.74) is 3.97. The zero-order valence-electron chi connectivity index (χ0n) is 10.3. The summed E-state index contributed by atoms with van der Waals surface area (Å²) in [6.07, 6.45) is 0. The van der Waals surface area contributed by atoms with Crippen LogP contribution in [0.4, 0.5) is 5.69 Å². The lowest BCUT2D eigenvalue weighted by atomic mass is 10.1. The van der Waals surface area contributed by atoms with Gasteiger partial charge in [-0.3, -0.25) is 10.1 Å². The molecule has 0 spiro atoms. The molecule has 0 aliphatic heterocycles. The first-order valence-corrected chi connectivity index (χ1v) is 5.62. The number of hydroxylamine groups is 1. The molecule has 0 radical (unpaired) electrons. The van der Waals surface area contributed by atoms with Crippen LogP contribution in [0.5, 0.6) is 0 Å². The number of nitro groups is 1. The summed E-state index contributed by atoms with van der Waals surface area (Å²) in [6, 6.07) is 6.46. The molecule has 1 N–H and O–H groups in total. The molecule has 1 aromatic rings. The van der Waals surface area contributed by atoms with Gasteiger partial charge in [0.05, 0.1) is 17.6 Å². The van der Waals surface area contributed by atoms with E-state index in [0.717, 1.165) is 5.56 Å². The van der Waals surface area contributed by atoms with Crippen molar-refractivity contribution in [1.29, 1.82) is 0 Å². The maximum absolute atomic E-state index is 10.5. The zero-order chi connectivity index (χ0) is 12.8. The molecule has 17 heavy (non-hydrogen) atoms. The molecule has 0 bridgehead atoms. The molecule has 1 atom stereocenters. The van der Waals surface area contributed by atoms with Crippen LogP contribution in [0.25, 0.3) is 0 Å². The standard InChI is InChI=1S/C12H18N2O3/c1-9(2)8-17-13-10(3)11-4-6-12(7-5-11)14(15)16/h4-7,9-10,13H,8H2,1-3H3. The summed E-state index contributed by atoms with van der Waals surface area (Å²) >= 11 is 0. The fraction of sp³-hybridized carbons (Fsp3) is 0.500. The van der Waals surface area contributed by atoms with Gasteiger partial charge in [0.1, 0.15) is 0 Å². The molecule has 94 valence electrons. The molecule has 0 fully saturated rings. The molecule has 1 rings (SSSR count). The molecule has 0 heterocycles. The number of hydrogen-bond acceptors (Lipinski definition) is 4. The summed E-state index contributed by atoms with van der Waals surface area (Å²) in [5, 5.41) is 10.5. The van der Waals surface area contributed by atoms with Crippen LogP contribution in [0.2, 0.25) is 0 Å². The van der Waals surface area contributed by atoms with Crippen LogP contribution in [0.15, 0.2) is 24.3 Å². The van der Waals surface area contributed by atoms with Crippen molar-refractivity contribution in [3.63, 3.8) is 0 Å². The van der Waals surface area contributed by atoms with Crippen LogP contribution in [-0.2, 0) is 4.84 Å². The lowest BCUT2D eigenvalue weighted by molar-refractivity contribution is -0.384. The first-order valence-electron chi connectivity index (χ1n) is 5.62. The van der Waals surface area contributed by atoms with Gasteiger partial charge in [-0.1, -0.05) is 26.0 Å². The first kappa shape index (κ1) is 13.6. The lowest BCUT2D eigenvalue weighted by Gasteiger charge is -2.15. The van der Waals surface area contributed by atoms with Gasteiger partial charge in [-0.2, -0.15) is 5.48 Å². The Labute approximate surface area is 101 Å². The Kier molecular flexibility index (Phi) is 5.06. The maximum Gasteiger partial charge on any atom is 0.269 e. The van der Waals surface area contributed by atoms with E-state index in [1.165, 1.54) is 12.1 Å². The predicted molar refractivity (Wildman–Crippen MR) is 65.4 cm³/mol. The van der Waals surface area contributed by atoms with Crippen molar-refractivity contribution in [3.8, 4) is 0 Å². The van der Waals surface area contributed by atoms with Crippen LogP contribution in [0.1, 0.15) is 32.4 Å². The van der Waals surface area contributed by atoms with E-state index in [1.807, 2.05) is 6.92 Å². The lowest BCUT2D eigenvalue weighted by Crippen LogP contribution is -2.21. The highest BCUT2D eigenvalue weighted by Gasteiger charge is 2.08. The Morgan fingerprint density at radius 1 is 1.29 bits per heavy atom. The van der Waals surface area contributed by atoms with Crippen molar-refractivity contribution in [2.75, 3.05) is 6.61 Å². The largest absolute Gasteiger partial charge is 0.301 e. The van der Waals surface area contributed by atoms with Crippen LogP contribution >= 0.6 is 0 Å². The SMILES string of the molecule is CC(C)CONC(C)c1ccc([N+](=O)[O-])cc1. The number of non-ortho nitro benzene ring substituents is 1. The third-order valence-electron chi connectivity index (χ3n) is 2.28. The van der Waals surface area contributed by atoms with Gasteiger partial charge in [-0.05, 0) is 18.4 Å². The number of nitrogens with zero attached hydrogens (tertiary/aromatic N) is 1. The molecular weight excluding hydrogens is 220 g/mol. The summed E-state index contributed by atoms with van der Waals surface area (Å²) in [6.45, 7) is 6.72. The minimum atomic E-state index is -0.406. The van der Waals surface area contributed by atoms with Crippen molar-refractivity contribution in [2.24, 2.45) is 5.92 Å². The van der Waals surface area contributed by atoms with E-state index in [2.05, 4.69) is 19.3 Å². The number of hydrogen-bond donors (Lipinski definition) is 1. The second-order valence-electron chi connectivity index (χ2n) is 4.39. The average molecular weight is 238 g/mol. The van der Waals surface area contributed by atoms with E-state index in [9.17, 15) is 10.1 Å². The molecule has 0 amide bonds. The van der Waals surface area contributed by atoms with Crippen molar-refractivity contribution in [3.05, 3.63) is 39.9 Å². The number of nitrogens with one attached hydrogen (secondary N) is 1. The molecule has 0 aliphatic rings. The smallest absolute Gasteiger partial charge is 0.269 e. The van der Waals surface area contributed by atoms with Gasteiger partial charge in [-0.15, -0.1) is 0 Å². The Balaban J connectivity index is 2.51. The number of nitro benzene ring substituents is 1. The fourth-order valence-corrected chi connectivity index (χ4v) is 1.29. The van der Waals surface area contributed by atoms with E-state index in [1.54, 1.807) is 12.1 Å². The topological polar surface area (TPSA) is 64.4 Å². The van der Waals surface area contributed by atoms with Gasteiger partial charge in [0.2, 0.25) is 0 Å². The van der Waals surface area contributed by atoms with Crippen molar-refractivity contribution >= 4 is 5.69 Å². The second kappa shape index (κ2) is 6.32. The fourth-order valence-electron chi connectivity index (χ4n) is 1.29. The van der Waals surface area contributed by atoms with Gasteiger partial charge in [0.15, 0.2) is 0 Å². The van der Waals surface area contributed by atoms with E-state index in [-0.39, 0.29) is 11.7 Å². The quantitative estimate of drug-likeness (QED) is 0.611. The first-order chi connectivity index (χ1) is 8.00. The van der Waals surface area contributed by atoms with E-state index in [0.29, 0.717) is 12.5 Å². The van der Waals surface area contributed by atoms with Crippen LogP contribution in [0, 0.1) is 16.0 Å². The molecule has 1 aromatic carbocycles. The molecule has 0 aliphatic carbocycles. The van der Waals surface area contributed by atoms with E-state index >= 15 is 0 Å². The average Bonchev–Trinajstić information content (AvgIpc) is 2.28. The van der Waals surface area contributed by atoms with Crippen molar-refractivity contribution < 1.29 is 9.76 Å². The van der Waals surface area contributed by atoms with Gasteiger partial charge in [-0.25, -0.2) is 0 Å². The van der Waals surface area contributed by atoms with E-state index in [4.69, 9.17) is 4.84 Å². The predicted octanol–water partition coefficient (Wildman–Crippen LogP) is 2.83. The normalized spacial score (nSPS) is 12.7. The molecule has 0 saturated carbocycles. The third-order valence-corrected chi connectivity index (χ3v) is 2.28. The minimum Gasteiger partial charge on any atom is -0.301 e. The summed E-state index contributed by atoms with van der Waals surface area (Å²) < 4.78 is 0. The summed E-state index contributed by atoms with van der Waals surface area (Å²) in [4.78, 5) is 15.4. The molecule has 0 aromatic heterocycles. The third kappa shape index (κ3) is 4.50. The highest BCUT2D eigenvalue weighted by Crippen LogP contribution is 2.17. The molecule has 1 unspecified atom stereocenters. The van der Waals surface area contributed by atoms with Gasteiger partial charge in [0, 0.05) is 12.1 Å². The molecule has 0 saturated heterocycles. The van der Waals surface area contributed by atoms with E-state index < -0.39 is 4.92 Å². The van der Waals surface area contributed by atoms with Crippen LogP contribution in [-0.4, -0.2) is 11.5 Å². The highest BCUT2D eigenvalue weighted by molar-refractivity contribution is 5.33. The second-order valence-corrected chi connectivity index (χ2v) is 4.39. The van der Waals surface area contributed by atoms with Crippen molar-refractivity contribution in [2.45, 2.75) is 26.8 Å². The van der Waals surface area contributed by atoms with Crippen LogP contribution < -0.4 is 5.48 Å². The summed E-state index contributed by atoms with van der Waals surface area (Å²) in [5.74, 6) is 0.464. The van der Waals surface area contributed by atoms with Crippen molar-refractivity contribution in [1.82, 2.24) is 5.48 Å². The Bertz CT molecular complexity index is 363. The minimum absolute atomic E-state index is 0.00885. The van der Waals surface area contributed by atoms with Gasteiger partial charge < -0.3 is 4.84 Å². The van der Waals surface area contributed by atoms with Gasteiger partial charge in [0.25, 0.3) is 5.69 Å². The van der Waals surface area contributed by atoms with Crippen LogP contribution in [0.3, 0.4) is 0 Å². The zero-order valence-corrected chi connectivity index (χ0v) is 10.3. The molecule has 5 heteroatoms. The summed E-state index contributed by atoms with van der Waals surface area (Å²) in [7, 11) is 0. The van der Waals surface area contributed by atoms with Gasteiger partial charge >= 0.3 is 0 Å². The Hall–Kier alpha value is -1.46. The number of rotatable bonds is 6. The Morgan fingerprint density at radius 3 is 2.35 bits per heavy atom. The molecule has 5 nitrogen and oxygen atoms in total. The highest BCUT2D eigenvalue weighted by atomic mass is 16.6. The monoisotopic (exact) mass is 238 g/mol. The maximum atomic E-state index is 10.5. The number of benzene rings is 1. The Morgan fingerprint density at radius 2 is 1.88 bits per heavy atom. The molecular formula is C12H18N2O3.